The number of hydrogen-bond acceptors (Lipinski definition) is 4. The van der Waals surface area contributed by atoms with Crippen molar-refractivity contribution >= 4 is 5.91 Å². The molecule has 0 spiro atoms. The van der Waals surface area contributed by atoms with Crippen molar-refractivity contribution in [3.63, 3.8) is 0 Å². The molecule has 1 atom stereocenters. The normalized spacial score (nSPS) is 12.0. The van der Waals surface area contributed by atoms with Gasteiger partial charge in [-0.25, -0.2) is 0 Å². The predicted octanol–water partition coefficient (Wildman–Crippen LogP) is 3.93. The standard InChI is InChI=1S/C20H27NO4/c1-4-5-12-24-17-8-6-16(7-9-17)20(23)21-11-10-19(22)18-13-14(2)25-15(18)3/h6-9,13,19,22H,4-5,10-12H2,1-3H3,(H,21,23)/t19-/m0/s1. The molecule has 0 fully saturated rings. The van der Waals surface area contributed by atoms with Gasteiger partial charge >= 0.3 is 0 Å². The van der Waals surface area contributed by atoms with Crippen LogP contribution in [0.2, 0.25) is 0 Å². The number of aryl methyl sites for hydroxylation is 2. The molecule has 0 saturated carbocycles. The quantitative estimate of drug-likeness (QED) is 0.676. The van der Waals surface area contributed by atoms with Crippen molar-refractivity contribution in [1.82, 2.24) is 5.32 Å². The number of rotatable bonds is 9. The van der Waals surface area contributed by atoms with Crippen LogP contribution in [0.25, 0.3) is 0 Å². The van der Waals surface area contributed by atoms with E-state index in [1.54, 1.807) is 24.3 Å². The van der Waals surface area contributed by atoms with Crippen molar-refractivity contribution in [3.05, 3.63) is 53.0 Å². The maximum absolute atomic E-state index is 12.2. The van der Waals surface area contributed by atoms with Crippen molar-refractivity contribution in [3.8, 4) is 5.75 Å². The average Bonchev–Trinajstić information content (AvgIpc) is 2.94. The fourth-order valence-electron chi connectivity index (χ4n) is 2.60. The third kappa shape index (κ3) is 5.64. The lowest BCUT2D eigenvalue weighted by Gasteiger charge is -2.11. The molecule has 5 heteroatoms. The number of carbonyl (C=O) groups excluding carboxylic acids is 1. The molecule has 2 rings (SSSR count). The molecule has 136 valence electrons. The Balaban J connectivity index is 1.79. The molecule has 0 unspecified atom stereocenters. The molecule has 2 N–H and O–H groups in total. The van der Waals surface area contributed by atoms with Crippen LogP contribution in [0.5, 0.6) is 5.75 Å². The van der Waals surface area contributed by atoms with Crippen molar-refractivity contribution in [2.45, 2.75) is 46.1 Å². The maximum atomic E-state index is 12.2. The van der Waals surface area contributed by atoms with Crippen LogP contribution in [-0.2, 0) is 0 Å². The third-order valence-electron chi connectivity index (χ3n) is 4.02. The van der Waals surface area contributed by atoms with Crippen LogP contribution in [0.4, 0.5) is 0 Å². The van der Waals surface area contributed by atoms with Gasteiger partial charge in [-0.3, -0.25) is 4.79 Å². The zero-order valence-electron chi connectivity index (χ0n) is 15.2. The average molecular weight is 345 g/mol. The molecule has 0 saturated heterocycles. The molecule has 1 aromatic carbocycles. The van der Waals surface area contributed by atoms with Gasteiger partial charge in [0.1, 0.15) is 17.3 Å². The molecule has 1 amide bonds. The van der Waals surface area contributed by atoms with Crippen molar-refractivity contribution in [1.29, 1.82) is 0 Å². The number of unbranched alkanes of at least 4 members (excludes halogenated alkanes) is 1. The summed E-state index contributed by atoms with van der Waals surface area (Å²) in [4.78, 5) is 12.2. The van der Waals surface area contributed by atoms with E-state index in [2.05, 4.69) is 12.2 Å². The van der Waals surface area contributed by atoms with E-state index in [4.69, 9.17) is 9.15 Å². The zero-order chi connectivity index (χ0) is 18.2. The summed E-state index contributed by atoms with van der Waals surface area (Å²) in [5.74, 6) is 2.10. The monoisotopic (exact) mass is 345 g/mol. The third-order valence-corrected chi connectivity index (χ3v) is 4.02. The lowest BCUT2D eigenvalue weighted by Crippen LogP contribution is -2.25. The van der Waals surface area contributed by atoms with Gasteiger partial charge in [0.25, 0.3) is 5.91 Å². The Kier molecular flexibility index (Phi) is 7.07. The van der Waals surface area contributed by atoms with Gasteiger partial charge in [-0.2, -0.15) is 0 Å². The second-order valence-corrected chi connectivity index (χ2v) is 6.16. The molecule has 1 aromatic heterocycles. The van der Waals surface area contributed by atoms with E-state index in [-0.39, 0.29) is 5.91 Å². The van der Waals surface area contributed by atoms with Crippen LogP contribution in [-0.4, -0.2) is 24.2 Å². The number of benzene rings is 1. The summed E-state index contributed by atoms with van der Waals surface area (Å²) in [6, 6.07) is 8.93. The van der Waals surface area contributed by atoms with Gasteiger partial charge in [0.15, 0.2) is 0 Å². The summed E-state index contributed by atoms with van der Waals surface area (Å²) >= 11 is 0. The minimum absolute atomic E-state index is 0.160. The molecule has 25 heavy (non-hydrogen) atoms. The fraction of sp³-hybridized carbons (Fsp3) is 0.450. The number of aliphatic hydroxyl groups is 1. The molecular weight excluding hydrogens is 318 g/mol. The smallest absolute Gasteiger partial charge is 0.251 e. The van der Waals surface area contributed by atoms with E-state index in [1.165, 1.54) is 0 Å². The Bertz CT molecular complexity index is 676. The number of furan rings is 1. The van der Waals surface area contributed by atoms with Gasteiger partial charge in [0, 0.05) is 17.7 Å². The Hall–Kier alpha value is -2.27. The van der Waals surface area contributed by atoms with E-state index in [0.29, 0.717) is 25.1 Å². The largest absolute Gasteiger partial charge is 0.494 e. The van der Waals surface area contributed by atoms with E-state index in [1.807, 2.05) is 19.9 Å². The van der Waals surface area contributed by atoms with Crippen molar-refractivity contribution in [2.75, 3.05) is 13.2 Å². The SMILES string of the molecule is CCCCOc1ccc(C(=O)NCC[C@H](O)c2cc(C)oc2C)cc1. The molecular formula is C20H27NO4. The number of hydrogen-bond donors (Lipinski definition) is 2. The number of carbonyl (C=O) groups is 1. The Morgan fingerprint density at radius 2 is 2.00 bits per heavy atom. The highest BCUT2D eigenvalue weighted by Crippen LogP contribution is 2.23. The number of aliphatic hydroxyl groups excluding tert-OH is 1. The van der Waals surface area contributed by atoms with Gasteiger partial charge in [0.05, 0.1) is 12.7 Å². The minimum atomic E-state index is -0.646. The molecule has 0 radical (unpaired) electrons. The Labute approximate surface area is 149 Å². The topological polar surface area (TPSA) is 71.7 Å². The summed E-state index contributed by atoms with van der Waals surface area (Å²) in [6.07, 6.45) is 1.89. The molecule has 0 aliphatic heterocycles. The van der Waals surface area contributed by atoms with Crippen LogP contribution in [0.15, 0.2) is 34.7 Å². The van der Waals surface area contributed by atoms with Gasteiger partial charge in [-0.15, -0.1) is 0 Å². The second-order valence-electron chi connectivity index (χ2n) is 6.16. The molecule has 5 nitrogen and oxygen atoms in total. The van der Waals surface area contributed by atoms with Gasteiger partial charge in [-0.05, 0) is 57.0 Å². The fourth-order valence-corrected chi connectivity index (χ4v) is 2.60. The summed E-state index contributed by atoms with van der Waals surface area (Å²) < 4.78 is 11.0. The molecule has 0 aliphatic carbocycles. The number of nitrogens with one attached hydrogen (secondary N) is 1. The first-order chi connectivity index (χ1) is 12.0. The van der Waals surface area contributed by atoms with Crippen LogP contribution >= 0.6 is 0 Å². The number of ether oxygens (including phenoxy) is 1. The van der Waals surface area contributed by atoms with Crippen LogP contribution in [0, 0.1) is 13.8 Å². The molecule has 0 aliphatic rings. The van der Waals surface area contributed by atoms with Crippen molar-refractivity contribution in [2.24, 2.45) is 0 Å². The molecule has 0 bridgehead atoms. The number of amides is 1. The van der Waals surface area contributed by atoms with E-state index >= 15 is 0 Å². The first-order valence-corrected chi connectivity index (χ1v) is 8.77. The highest BCUT2D eigenvalue weighted by Gasteiger charge is 2.15. The zero-order valence-corrected chi connectivity index (χ0v) is 15.2. The Morgan fingerprint density at radius 3 is 2.60 bits per heavy atom. The molecule has 2 aromatic rings. The van der Waals surface area contributed by atoms with E-state index in [9.17, 15) is 9.90 Å². The predicted molar refractivity (Wildman–Crippen MR) is 96.9 cm³/mol. The van der Waals surface area contributed by atoms with Gasteiger partial charge < -0.3 is 19.6 Å². The van der Waals surface area contributed by atoms with Crippen LogP contribution in [0.1, 0.15) is 59.7 Å². The lowest BCUT2D eigenvalue weighted by molar-refractivity contribution is 0.0942. The maximum Gasteiger partial charge on any atom is 0.251 e. The summed E-state index contributed by atoms with van der Waals surface area (Å²) in [6.45, 7) is 6.86. The van der Waals surface area contributed by atoms with Crippen molar-refractivity contribution < 1.29 is 19.1 Å². The van der Waals surface area contributed by atoms with E-state index in [0.717, 1.165) is 35.7 Å². The lowest BCUT2D eigenvalue weighted by atomic mass is 10.1. The highest BCUT2D eigenvalue weighted by atomic mass is 16.5. The summed E-state index contributed by atoms with van der Waals surface area (Å²) in [5, 5.41) is 13.0. The highest BCUT2D eigenvalue weighted by molar-refractivity contribution is 5.94. The second kappa shape index (κ2) is 9.28. The van der Waals surface area contributed by atoms with Crippen LogP contribution < -0.4 is 10.1 Å². The molecule has 1 heterocycles. The Morgan fingerprint density at radius 1 is 1.28 bits per heavy atom. The van der Waals surface area contributed by atoms with Crippen LogP contribution in [0.3, 0.4) is 0 Å². The minimum Gasteiger partial charge on any atom is -0.494 e. The van der Waals surface area contributed by atoms with Gasteiger partial charge in [-0.1, -0.05) is 13.3 Å². The summed E-state index contributed by atoms with van der Waals surface area (Å²) in [7, 11) is 0. The summed E-state index contributed by atoms with van der Waals surface area (Å²) in [5.41, 5.74) is 1.35. The first kappa shape index (κ1) is 19.1. The first-order valence-electron chi connectivity index (χ1n) is 8.77. The van der Waals surface area contributed by atoms with E-state index < -0.39 is 6.10 Å². The van der Waals surface area contributed by atoms with Gasteiger partial charge in [0.2, 0.25) is 0 Å².